The second-order valence-electron chi connectivity index (χ2n) is 3.35. The van der Waals surface area contributed by atoms with Crippen molar-refractivity contribution in [2.24, 2.45) is 0 Å². The first-order valence-corrected chi connectivity index (χ1v) is 4.68. The summed E-state index contributed by atoms with van der Waals surface area (Å²) in [5, 5.41) is 2.85. The molecule has 1 N–H and O–H groups in total. The van der Waals surface area contributed by atoms with E-state index in [1.54, 1.807) is 0 Å². The maximum atomic E-state index is 11.5. The maximum Gasteiger partial charge on any atom is 0.227 e. The average Bonchev–Trinajstić information content (AvgIpc) is 2.07. The van der Waals surface area contributed by atoms with Crippen molar-refractivity contribution in [2.45, 2.75) is 19.3 Å². The lowest BCUT2D eigenvalue weighted by molar-refractivity contribution is -0.122. The molecule has 0 saturated carbocycles. The lowest BCUT2D eigenvalue weighted by Crippen LogP contribution is -2.35. The van der Waals surface area contributed by atoms with E-state index in [1.165, 1.54) is 11.1 Å². The number of fused-ring (bicyclic) bond motifs is 1. The van der Waals surface area contributed by atoms with Gasteiger partial charge in [-0.25, -0.2) is 0 Å². The Morgan fingerprint density at radius 1 is 1.54 bits per heavy atom. The Hall–Kier alpha value is -1.31. The molecule has 1 aliphatic carbocycles. The van der Waals surface area contributed by atoms with Gasteiger partial charge >= 0.3 is 0 Å². The molecular weight excluding hydrogens is 162 g/mol. The van der Waals surface area contributed by atoms with Crippen molar-refractivity contribution in [1.82, 2.24) is 5.32 Å². The first kappa shape index (κ1) is 8.30. The summed E-state index contributed by atoms with van der Waals surface area (Å²) in [5.74, 6) is 0.275. The van der Waals surface area contributed by atoms with Gasteiger partial charge in [-0.2, -0.15) is 0 Å². The lowest BCUT2D eigenvalue weighted by Gasteiger charge is -2.28. The second kappa shape index (κ2) is 3.21. The number of hydrogen-bond donors (Lipinski definition) is 1. The minimum Gasteiger partial charge on any atom is -0.356 e. The quantitative estimate of drug-likeness (QED) is 0.724. The number of nitrogens with one attached hydrogen (secondary N) is 1. The van der Waals surface area contributed by atoms with E-state index in [1.807, 2.05) is 25.1 Å². The van der Waals surface area contributed by atoms with Crippen LogP contribution in [0.25, 0.3) is 0 Å². The van der Waals surface area contributed by atoms with Gasteiger partial charge in [0, 0.05) is 6.54 Å². The van der Waals surface area contributed by atoms with Crippen LogP contribution in [-0.2, 0) is 11.2 Å². The van der Waals surface area contributed by atoms with E-state index in [4.69, 9.17) is 0 Å². The number of amides is 1. The molecule has 68 valence electrons. The summed E-state index contributed by atoms with van der Waals surface area (Å²) in [4.78, 5) is 11.5. The van der Waals surface area contributed by atoms with Crippen LogP contribution in [0.3, 0.4) is 0 Å². The molecule has 1 aromatic carbocycles. The largest absolute Gasteiger partial charge is 0.356 e. The summed E-state index contributed by atoms with van der Waals surface area (Å²) in [6.07, 6.45) is 0.905. The fourth-order valence-electron chi connectivity index (χ4n) is 1.79. The van der Waals surface area contributed by atoms with E-state index in [0.29, 0.717) is 0 Å². The van der Waals surface area contributed by atoms with Crippen molar-refractivity contribution in [3.8, 4) is 0 Å². The molecule has 2 heteroatoms. The first-order valence-electron chi connectivity index (χ1n) is 4.68. The summed E-state index contributed by atoms with van der Waals surface area (Å²) < 4.78 is 0. The smallest absolute Gasteiger partial charge is 0.227 e. The standard InChI is InChI=1S/C11H13NO/c1-2-12-11(13)10-7-8-5-3-4-6-9(8)10/h3-6,10H,2,7H2,1H3,(H,12,13). The Morgan fingerprint density at radius 3 is 3.00 bits per heavy atom. The molecule has 0 heterocycles. The van der Waals surface area contributed by atoms with Crippen LogP contribution in [0.1, 0.15) is 24.0 Å². The zero-order valence-corrected chi connectivity index (χ0v) is 7.71. The van der Waals surface area contributed by atoms with E-state index in [0.717, 1.165) is 13.0 Å². The van der Waals surface area contributed by atoms with Crippen LogP contribution in [0, 0.1) is 0 Å². The van der Waals surface area contributed by atoms with Gasteiger partial charge in [0.25, 0.3) is 0 Å². The molecule has 2 nitrogen and oxygen atoms in total. The number of carbonyl (C=O) groups is 1. The van der Waals surface area contributed by atoms with Crippen molar-refractivity contribution in [3.63, 3.8) is 0 Å². The number of likely N-dealkylation sites (N-methyl/N-ethyl adjacent to an activating group) is 1. The van der Waals surface area contributed by atoms with Gasteiger partial charge in [-0.15, -0.1) is 0 Å². The van der Waals surface area contributed by atoms with E-state index in [-0.39, 0.29) is 11.8 Å². The van der Waals surface area contributed by atoms with Gasteiger partial charge in [0.1, 0.15) is 0 Å². The van der Waals surface area contributed by atoms with Crippen LogP contribution >= 0.6 is 0 Å². The van der Waals surface area contributed by atoms with Gasteiger partial charge in [0.15, 0.2) is 0 Å². The van der Waals surface area contributed by atoms with Crippen molar-refractivity contribution in [2.75, 3.05) is 6.54 Å². The van der Waals surface area contributed by atoms with Crippen molar-refractivity contribution in [1.29, 1.82) is 0 Å². The Kier molecular flexibility index (Phi) is 2.05. The van der Waals surface area contributed by atoms with Gasteiger partial charge in [-0.1, -0.05) is 24.3 Å². The predicted molar refractivity (Wildman–Crippen MR) is 51.6 cm³/mol. The molecule has 0 aromatic heterocycles. The third-order valence-corrected chi connectivity index (χ3v) is 2.52. The first-order chi connectivity index (χ1) is 6.33. The Labute approximate surface area is 78.0 Å². The third kappa shape index (κ3) is 1.32. The molecule has 1 unspecified atom stereocenters. The minimum absolute atomic E-state index is 0.108. The highest BCUT2D eigenvalue weighted by atomic mass is 16.1. The molecule has 1 amide bonds. The van der Waals surface area contributed by atoms with Gasteiger partial charge in [0.05, 0.1) is 5.92 Å². The number of rotatable bonds is 2. The molecule has 13 heavy (non-hydrogen) atoms. The molecule has 0 saturated heterocycles. The van der Waals surface area contributed by atoms with Gasteiger partial charge in [-0.3, -0.25) is 4.79 Å². The summed E-state index contributed by atoms with van der Waals surface area (Å²) in [6, 6.07) is 8.14. The van der Waals surface area contributed by atoms with Crippen molar-refractivity contribution in [3.05, 3.63) is 35.4 Å². The van der Waals surface area contributed by atoms with E-state index in [2.05, 4.69) is 11.4 Å². The van der Waals surface area contributed by atoms with Crippen LogP contribution in [-0.4, -0.2) is 12.5 Å². The van der Waals surface area contributed by atoms with Crippen molar-refractivity contribution < 1.29 is 4.79 Å². The van der Waals surface area contributed by atoms with Crippen LogP contribution in [0.2, 0.25) is 0 Å². The number of carbonyl (C=O) groups excluding carboxylic acids is 1. The molecule has 1 aliphatic rings. The molecule has 0 spiro atoms. The zero-order chi connectivity index (χ0) is 9.26. The van der Waals surface area contributed by atoms with E-state index in [9.17, 15) is 4.79 Å². The molecular formula is C11H13NO. The molecule has 2 rings (SSSR count). The summed E-state index contributed by atoms with van der Waals surface area (Å²) in [5.41, 5.74) is 2.52. The minimum atomic E-state index is 0.108. The molecule has 0 fully saturated rings. The van der Waals surface area contributed by atoms with Gasteiger partial charge < -0.3 is 5.32 Å². The third-order valence-electron chi connectivity index (χ3n) is 2.52. The highest BCUT2D eigenvalue weighted by Gasteiger charge is 2.30. The van der Waals surface area contributed by atoms with Crippen LogP contribution in [0.5, 0.6) is 0 Å². The van der Waals surface area contributed by atoms with E-state index >= 15 is 0 Å². The fraction of sp³-hybridized carbons (Fsp3) is 0.364. The molecule has 0 bridgehead atoms. The lowest BCUT2D eigenvalue weighted by atomic mass is 9.77. The summed E-state index contributed by atoms with van der Waals surface area (Å²) in [6.45, 7) is 2.67. The summed E-state index contributed by atoms with van der Waals surface area (Å²) >= 11 is 0. The van der Waals surface area contributed by atoms with E-state index < -0.39 is 0 Å². The molecule has 1 aromatic rings. The number of hydrogen-bond acceptors (Lipinski definition) is 1. The predicted octanol–water partition coefficient (Wildman–Crippen LogP) is 1.46. The van der Waals surface area contributed by atoms with Crippen LogP contribution in [0.4, 0.5) is 0 Å². The fourth-order valence-corrected chi connectivity index (χ4v) is 1.79. The zero-order valence-electron chi connectivity index (χ0n) is 7.71. The average molecular weight is 175 g/mol. The Balaban J connectivity index is 2.13. The van der Waals surface area contributed by atoms with Crippen LogP contribution in [0.15, 0.2) is 24.3 Å². The second-order valence-corrected chi connectivity index (χ2v) is 3.35. The monoisotopic (exact) mass is 175 g/mol. The summed E-state index contributed by atoms with van der Waals surface area (Å²) in [7, 11) is 0. The van der Waals surface area contributed by atoms with Crippen molar-refractivity contribution >= 4 is 5.91 Å². The van der Waals surface area contributed by atoms with Gasteiger partial charge in [0.2, 0.25) is 5.91 Å². The van der Waals surface area contributed by atoms with Gasteiger partial charge in [-0.05, 0) is 24.5 Å². The normalized spacial score (nSPS) is 18.7. The topological polar surface area (TPSA) is 29.1 Å². The maximum absolute atomic E-state index is 11.5. The molecule has 0 aliphatic heterocycles. The Bertz CT molecular complexity index is 333. The number of benzene rings is 1. The highest BCUT2D eigenvalue weighted by molar-refractivity contribution is 5.86. The highest BCUT2D eigenvalue weighted by Crippen LogP contribution is 2.34. The molecule has 1 atom stereocenters. The van der Waals surface area contributed by atoms with Crippen LogP contribution < -0.4 is 5.32 Å². The SMILES string of the molecule is CCNC(=O)C1Cc2ccccc21. The Morgan fingerprint density at radius 2 is 2.31 bits per heavy atom. The molecule has 0 radical (unpaired) electrons.